The van der Waals surface area contributed by atoms with Gasteiger partial charge in [-0.1, -0.05) is 12.1 Å². The molecule has 0 fully saturated rings. The molecule has 5 heteroatoms. The average Bonchev–Trinajstić information content (AvgIpc) is 2.35. The first-order chi connectivity index (χ1) is 8.56. The second-order valence-electron chi connectivity index (χ2n) is 4.04. The molecular formula is C13H16N2OP2. The van der Waals surface area contributed by atoms with E-state index >= 15 is 0 Å². The molecule has 0 amide bonds. The molecule has 4 N–H and O–H groups in total. The molecule has 2 aromatic carbocycles. The second kappa shape index (κ2) is 5.56. The second-order valence-corrected chi connectivity index (χ2v) is 5.29. The lowest BCUT2D eigenvalue weighted by molar-refractivity contribution is 0.306. The molecule has 0 aromatic heterocycles. The van der Waals surface area contributed by atoms with E-state index in [4.69, 9.17) is 16.2 Å². The van der Waals surface area contributed by atoms with Gasteiger partial charge in [0.1, 0.15) is 12.4 Å². The van der Waals surface area contributed by atoms with Crippen molar-refractivity contribution >= 4 is 40.5 Å². The van der Waals surface area contributed by atoms with Crippen LogP contribution in [0.5, 0.6) is 5.75 Å². The van der Waals surface area contributed by atoms with Crippen LogP contribution in [0.1, 0.15) is 5.56 Å². The third-order valence-corrected chi connectivity index (χ3v) is 3.97. The summed E-state index contributed by atoms with van der Waals surface area (Å²) in [7, 11) is 5.39. The molecule has 0 aliphatic heterocycles. The molecule has 2 rings (SSSR count). The van der Waals surface area contributed by atoms with Crippen LogP contribution in [0.25, 0.3) is 0 Å². The number of rotatable bonds is 3. The molecule has 0 aliphatic rings. The topological polar surface area (TPSA) is 61.3 Å². The summed E-state index contributed by atoms with van der Waals surface area (Å²) in [6.45, 7) is 0.510. The first-order valence-corrected chi connectivity index (χ1v) is 6.63. The zero-order chi connectivity index (χ0) is 13.1. The van der Waals surface area contributed by atoms with Crippen LogP contribution in [-0.4, -0.2) is 0 Å². The summed E-state index contributed by atoms with van der Waals surface area (Å²) < 4.78 is 5.67. The molecule has 3 nitrogen and oxygen atoms in total. The maximum absolute atomic E-state index is 5.72. The standard InChI is InChI=1S/C13H16N2OP2/c14-10-3-2-9(6-11(10)15)16-7-8-1-4-12(17)13(18)5-8/h1-6H,7,14-15,17-18H2. The van der Waals surface area contributed by atoms with Crippen LogP contribution in [0.3, 0.4) is 0 Å². The highest BCUT2D eigenvalue weighted by molar-refractivity contribution is 7.35. The van der Waals surface area contributed by atoms with E-state index in [-0.39, 0.29) is 0 Å². The van der Waals surface area contributed by atoms with Gasteiger partial charge >= 0.3 is 0 Å². The van der Waals surface area contributed by atoms with Crippen LogP contribution >= 0.6 is 18.5 Å². The Morgan fingerprint density at radius 2 is 1.67 bits per heavy atom. The van der Waals surface area contributed by atoms with Crippen molar-refractivity contribution in [3.8, 4) is 5.75 Å². The third-order valence-electron chi connectivity index (χ3n) is 2.61. The Bertz CT molecular complexity index is 521. The zero-order valence-corrected chi connectivity index (χ0v) is 12.2. The fourth-order valence-electron chi connectivity index (χ4n) is 1.52. The van der Waals surface area contributed by atoms with Gasteiger partial charge in [0.25, 0.3) is 0 Å². The third kappa shape index (κ3) is 3.13. The lowest BCUT2D eigenvalue weighted by Crippen LogP contribution is -2.12. The quantitative estimate of drug-likeness (QED) is 0.659. The SMILES string of the molecule is Nc1ccc(OCc2ccc(P)c(P)c2)cc1N. The molecule has 0 bridgehead atoms. The summed E-state index contributed by atoms with van der Waals surface area (Å²) in [5, 5.41) is 2.32. The minimum absolute atomic E-state index is 0.510. The largest absolute Gasteiger partial charge is 0.489 e. The molecule has 0 saturated carbocycles. The van der Waals surface area contributed by atoms with Gasteiger partial charge in [-0.15, -0.1) is 18.5 Å². The van der Waals surface area contributed by atoms with Gasteiger partial charge in [0.05, 0.1) is 11.4 Å². The molecule has 0 spiro atoms. The molecule has 0 aliphatic carbocycles. The van der Waals surface area contributed by atoms with E-state index in [0.29, 0.717) is 18.0 Å². The highest BCUT2D eigenvalue weighted by Crippen LogP contribution is 2.22. The van der Waals surface area contributed by atoms with Crippen LogP contribution < -0.4 is 26.8 Å². The molecule has 94 valence electrons. The number of anilines is 2. The Labute approximate surface area is 111 Å². The van der Waals surface area contributed by atoms with Crippen molar-refractivity contribution in [2.45, 2.75) is 6.61 Å². The maximum atomic E-state index is 5.72. The molecule has 0 heterocycles. The van der Waals surface area contributed by atoms with Crippen LogP contribution in [0.2, 0.25) is 0 Å². The van der Waals surface area contributed by atoms with Crippen molar-refractivity contribution < 1.29 is 4.74 Å². The lowest BCUT2D eigenvalue weighted by Gasteiger charge is -2.09. The van der Waals surface area contributed by atoms with E-state index < -0.39 is 0 Å². The monoisotopic (exact) mass is 278 g/mol. The number of nitrogen functional groups attached to an aromatic ring is 2. The fourth-order valence-corrected chi connectivity index (χ4v) is 2.01. The summed E-state index contributed by atoms with van der Waals surface area (Å²) >= 11 is 0. The van der Waals surface area contributed by atoms with E-state index in [1.54, 1.807) is 12.1 Å². The van der Waals surface area contributed by atoms with Crippen LogP contribution in [0.4, 0.5) is 11.4 Å². The Kier molecular flexibility index (Phi) is 4.06. The van der Waals surface area contributed by atoms with Gasteiger partial charge in [0, 0.05) is 6.07 Å². The number of benzene rings is 2. The van der Waals surface area contributed by atoms with Gasteiger partial charge < -0.3 is 16.2 Å². The number of nitrogens with two attached hydrogens (primary N) is 2. The van der Waals surface area contributed by atoms with Crippen LogP contribution in [0, 0.1) is 0 Å². The van der Waals surface area contributed by atoms with Gasteiger partial charge in [0.15, 0.2) is 0 Å². The molecular weight excluding hydrogens is 262 g/mol. The summed E-state index contributed by atoms with van der Waals surface area (Å²) in [6.07, 6.45) is 0. The van der Waals surface area contributed by atoms with Gasteiger partial charge in [-0.05, 0) is 34.4 Å². The van der Waals surface area contributed by atoms with Gasteiger partial charge in [-0.2, -0.15) is 0 Å². The maximum Gasteiger partial charge on any atom is 0.122 e. The van der Waals surface area contributed by atoms with Crippen LogP contribution in [-0.2, 0) is 6.61 Å². The first-order valence-electron chi connectivity index (χ1n) is 5.48. The van der Waals surface area contributed by atoms with Gasteiger partial charge in [0.2, 0.25) is 0 Å². The molecule has 0 saturated heterocycles. The van der Waals surface area contributed by atoms with E-state index in [9.17, 15) is 0 Å². The van der Waals surface area contributed by atoms with Crippen molar-refractivity contribution in [2.75, 3.05) is 11.5 Å². The fraction of sp³-hybridized carbons (Fsp3) is 0.0769. The predicted octanol–water partition coefficient (Wildman–Crippen LogP) is 1.43. The highest BCUT2D eigenvalue weighted by atomic mass is 31.0. The minimum atomic E-state index is 0.510. The summed E-state index contributed by atoms with van der Waals surface area (Å²) in [5.74, 6) is 0.724. The van der Waals surface area contributed by atoms with Crippen molar-refractivity contribution in [3.63, 3.8) is 0 Å². The minimum Gasteiger partial charge on any atom is -0.489 e. The van der Waals surface area contributed by atoms with E-state index in [0.717, 1.165) is 16.6 Å². The normalized spacial score (nSPS) is 10.3. The van der Waals surface area contributed by atoms with Crippen molar-refractivity contribution in [1.82, 2.24) is 0 Å². The summed E-state index contributed by atoms with van der Waals surface area (Å²) in [5.41, 5.74) is 13.6. The molecule has 2 aromatic rings. The number of hydrogen-bond acceptors (Lipinski definition) is 3. The van der Waals surface area contributed by atoms with E-state index in [2.05, 4.69) is 24.5 Å². The van der Waals surface area contributed by atoms with Gasteiger partial charge in [-0.3, -0.25) is 0 Å². The summed E-state index contributed by atoms with van der Waals surface area (Å²) in [4.78, 5) is 0. The summed E-state index contributed by atoms with van der Waals surface area (Å²) in [6, 6.07) is 11.5. The predicted molar refractivity (Wildman–Crippen MR) is 84.7 cm³/mol. The Morgan fingerprint density at radius 3 is 2.33 bits per heavy atom. The zero-order valence-electron chi connectivity index (χ0n) is 9.89. The lowest BCUT2D eigenvalue weighted by atomic mass is 10.2. The Morgan fingerprint density at radius 1 is 0.889 bits per heavy atom. The molecule has 18 heavy (non-hydrogen) atoms. The van der Waals surface area contributed by atoms with Crippen molar-refractivity contribution in [3.05, 3.63) is 42.0 Å². The van der Waals surface area contributed by atoms with Gasteiger partial charge in [-0.25, -0.2) is 0 Å². The van der Waals surface area contributed by atoms with E-state index in [1.165, 1.54) is 5.30 Å². The number of hydrogen-bond donors (Lipinski definition) is 2. The smallest absolute Gasteiger partial charge is 0.122 e. The first kappa shape index (κ1) is 13.1. The van der Waals surface area contributed by atoms with E-state index in [1.807, 2.05) is 18.2 Å². The highest BCUT2D eigenvalue weighted by Gasteiger charge is 2.01. The van der Waals surface area contributed by atoms with Crippen molar-refractivity contribution in [2.24, 2.45) is 0 Å². The van der Waals surface area contributed by atoms with Crippen molar-refractivity contribution in [1.29, 1.82) is 0 Å². The molecule has 2 atom stereocenters. The average molecular weight is 278 g/mol. The molecule has 2 unspecified atom stereocenters. The Hall–Kier alpha value is -1.30. The van der Waals surface area contributed by atoms with Crippen LogP contribution in [0.15, 0.2) is 36.4 Å². The Balaban J connectivity index is 2.06. The molecule has 0 radical (unpaired) electrons. The number of ether oxygens (including phenoxy) is 1.